The van der Waals surface area contributed by atoms with Gasteiger partial charge < -0.3 is 25.2 Å². The number of benzene rings is 2. The Kier molecular flexibility index (Phi) is 8.25. The average Bonchev–Trinajstić information content (AvgIpc) is 3.29. The van der Waals surface area contributed by atoms with E-state index in [4.69, 9.17) is 48.6 Å². The predicted molar refractivity (Wildman–Crippen MR) is 154 cm³/mol. The molecule has 0 radical (unpaired) electrons. The lowest BCUT2D eigenvalue weighted by Crippen LogP contribution is -2.43. The van der Waals surface area contributed by atoms with Gasteiger partial charge in [0.2, 0.25) is 0 Å². The third-order valence-electron chi connectivity index (χ3n) is 6.47. The van der Waals surface area contributed by atoms with E-state index in [9.17, 15) is 4.79 Å². The summed E-state index contributed by atoms with van der Waals surface area (Å²) in [4.78, 5) is 19.5. The molecule has 0 spiro atoms. The van der Waals surface area contributed by atoms with Crippen LogP contribution in [0.15, 0.2) is 41.5 Å². The molecule has 9 nitrogen and oxygen atoms in total. The van der Waals surface area contributed by atoms with Gasteiger partial charge in [-0.2, -0.15) is 5.10 Å². The maximum Gasteiger partial charge on any atom is 0.274 e. The number of halogens is 2. The third-order valence-corrected chi connectivity index (χ3v) is 6.90. The fourth-order valence-corrected chi connectivity index (χ4v) is 4.69. The van der Waals surface area contributed by atoms with E-state index in [2.05, 4.69) is 4.99 Å². The summed E-state index contributed by atoms with van der Waals surface area (Å²) in [5.41, 5.74) is 9.56. The molecule has 0 saturated carbocycles. The molecule has 0 aliphatic carbocycles. The largest absolute Gasteiger partial charge is 0.496 e. The number of amides is 1. The van der Waals surface area contributed by atoms with Crippen LogP contribution in [0.2, 0.25) is 10.0 Å². The normalized spacial score (nSPS) is 13.2. The topological polar surface area (TPSA) is 115 Å². The zero-order valence-corrected chi connectivity index (χ0v) is 24.0. The van der Waals surface area contributed by atoms with E-state index in [1.54, 1.807) is 54.2 Å². The molecule has 11 heteroatoms. The van der Waals surface area contributed by atoms with Crippen LogP contribution < -0.4 is 15.2 Å². The van der Waals surface area contributed by atoms with Crippen LogP contribution in [0.3, 0.4) is 0 Å². The van der Waals surface area contributed by atoms with Crippen molar-refractivity contribution >= 4 is 40.9 Å². The Morgan fingerprint density at radius 3 is 2.54 bits per heavy atom. The molecular weight excluding hydrogens is 541 g/mol. The number of aliphatic imine (C=N–C) groups is 1. The molecule has 39 heavy (non-hydrogen) atoms. The van der Waals surface area contributed by atoms with E-state index in [1.807, 2.05) is 26.8 Å². The molecule has 3 aromatic rings. The summed E-state index contributed by atoms with van der Waals surface area (Å²) in [6, 6.07) is 8.72. The van der Waals surface area contributed by atoms with Gasteiger partial charge in [0.25, 0.3) is 5.91 Å². The Morgan fingerprint density at radius 1 is 1.26 bits per heavy atom. The van der Waals surface area contributed by atoms with Crippen molar-refractivity contribution in [3.8, 4) is 28.4 Å². The molecule has 3 N–H and O–H groups in total. The number of nitrogens with zero attached hydrogens (tertiary/aromatic N) is 4. The van der Waals surface area contributed by atoms with Crippen molar-refractivity contribution < 1.29 is 19.4 Å². The summed E-state index contributed by atoms with van der Waals surface area (Å²) in [6.45, 7) is 6.12. The molecule has 2 heterocycles. The SMILES string of the molecule is COc1cc2c(cc1C(C=NCCO)=CN)-c1c(c(C(=O)N(C)C(C)(C)C)nn1-c1cc(Cl)cc(Cl)c1)CO2. The van der Waals surface area contributed by atoms with Crippen LogP contribution in [0.1, 0.15) is 42.4 Å². The number of rotatable bonds is 7. The van der Waals surface area contributed by atoms with E-state index >= 15 is 0 Å². The van der Waals surface area contributed by atoms with Crippen LogP contribution in [0, 0.1) is 0 Å². The van der Waals surface area contributed by atoms with Gasteiger partial charge in [-0.05, 0) is 45.0 Å². The standard InChI is InChI=1S/C28H31Cl2N5O4/c1-28(2,3)34(4)27(37)25-22-15-39-24-12-23(38-5)20(16(13-31)14-32-6-7-36)11-21(24)26(22)35(33-25)19-9-17(29)8-18(30)10-19/h8-14,36H,6-7,15,31H2,1-5H3. The number of carbonyl (C=O) groups is 1. The lowest BCUT2D eigenvalue weighted by molar-refractivity contribution is 0.0646. The van der Waals surface area contributed by atoms with Crippen LogP contribution in [-0.4, -0.2) is 64.8 Å². The quantitative estimate of drug-likeness (QED) is 0.386. The number of aliphatic hydroxyl groups excluding tert-OH is 1. The summed E-state index contributed by atoms with van der Waals surface area (Å²) >= 11 is 12.7. The highest BCUT2D eigenvalue weighted by Crippen LogP contribution is 2.45. The maximum absolute atomic E-state index is 13.7. The molecule has 0 saturated heterocycles. The molecule has 0 unspecified atom stereocenters. The monoisotopic (exact) mass is 571 g/mol. The number of hydrogen-bond acceptors (Lipinski definition) is 7. The molecule has 0 bridgehead atoms. The first-order chi connectivity index (χ1) is 18.5. The maximum atomic E-state index is 13.7. The molecule has 1 amide bonds. The van der Waals surface area contributed by atoms with Crippen LogP contribution in [-0.2, 0) is 6.61 Å². The molecular formula is C28H31Cl2N5O4. The van der Waals surface area contributed by atoms with Gasteiger partial charge in [-0.25, -0.2) is 4.68 Å². The second kappa shape index (κ2) is 11.3. The van der Waals surface area contributed by atoms with E-state index in [1.165, 1.54) is 6.20 Å². The Morgan fingerprint density at radius 2 is 1.95 bits per heavy atom. The fraction of sp³-hybridized carbons (Fsp3) is 0.321. The smallest absolute Gasteiger partial charge is 0.274 e. The van der Waals surface area contributed by atoms with Crippen molar-refractivity contribution in [1.82, 2.24) is 14.7 Å². The zero-order valence-electron chi connectivity index (χ0n) is 22.5. The van der Waals surface area contributed by atoms with Crippen molar-refractivity contribution in [1.29, 1.82) is 0 Å². The predicted octanol–water partition coefficient (Wildman–Crippen LogP) is 4.98. The Balaban J connectivity index is 2.00. The number of aromatic nitrogens is 2. The number of aliphatic hydroxyl groups is 1. The van der Waals surface area contributed by atoms with E-state index in [0.29, 0.717) is 55.2 Å². The molecule has 4 rings (SSSR count). The first-order valence-corrected chi connectivity index (χ1v) is 13.0. The summed E-state index contributed by atoms with van der Waals surface area (Å²) in [7, 11) is 3.30. The zero-order chi connectivity index (χ0) is 28.5. The van der Waals surface area contributed by atoms with Gasteiger partial charge in [0, 0.05) is 63.4 Å². The van der Waals surface area contributed by atoms with E-state index in [-0.39, 0.29) is 31.4 Å². The summed E-state index contributed by atoms with van der Waals surface area (Å²) in [6.07, 6.45) is 2.99. The molecule has 0 atom stereocenters. The highest BCUT2D eigenvalue weighted by molar-refractivity contribution is 6.34. The first-order valence-electron chi connectivity index (χ1n) is 12.2. The minimum Gasteiger partial charge on any atom is -0.496 e. The first kappa shape index (κ1) is 28.5. The molecule has 206 valence electrons. The second-order valence-corrected chi connectivity index (χ2v) is 10.8. The summed E-state index contributed by atoms with van der Waals surface area (Å²) in [5, 5.41) is 14.8. The Labute approximate surface area is 237 Å². The number of allylic oxidation sites excluding steroid dienone is 1. The third kappa shape index (κ3) is 5.61. The number of ether oxygens (including phenoxy) is 2. The minimum absolute atomic E-state index is 0.0892. The molecule has 1 aromatic heterocycles. The average molecular weight is 572 g/mol. The van der Waals surface area contributed by atoms with Crippen molar-refractivity contribution in [3.63, 3.8) is 0 Å². The number of hydrogen-bond donors (Lipinski definition) is 2. The fourth-order valence-electron chi connectivity index (χ4n) is 4.18. The highest BCUT2D eigenvalue weighted by atomic mass is 35.5. The van der Waals surface area contributed by atoms with Crippen molar-refractivity contribution in [3.05, 3.63) is 63.4 Å². The number of nitrogens with two attached hydrogens (primary N) is 1. The van der Waals surface area contributed by atoms with Gasteiger partial charge in [0.05, 0.1) is 31.6 Å². The lowest BCUT2D eigenvalue weighted by atomic mass is 9.96. The second-order valence-electron chi connectivity index (χ2n) is 9.97. The van der Waals surface area contributed by atoms with Crippen molar-refractivity contribution in [2.24, 2.45) is 10.7 Å². The van der Waals surface area contributed by atoms with Crippen LogP contribution >= 0.6 is 23.2 Å². The molecule has 1 aliphatic heterocycles. The van der Waals surface area contributed by atoms with Crippen molar-refractivity contribution in [2.75, 3.05) is 27.3 Å². The molecule has 0 fully saturated rings. The van der Waals surface area contributed by atoms with E-state index in [0.717, 1.165) is 0 Å². The van der Waals surface area contributed by atoms with Gasteiger partial charge in [-0.1, -0.05) is 23.2 Å². The van der Waals surface area contributed by atoms with Crippen molar-refractivity contribution in [2.45, 2.75) is 32.9 Å². The molecule has 2 aromatic carbocycles. The number of fused-ring (bicyclic) bond motifs is 3. The van der Waals surface area contributed by atoms with Gasteiger partial charge in [-0.15, -0.1) is 0 Å². The Bertz CT molecular complexity index is 1450. The summed E-state index contributed by atoms with van der Waals surface area (Å²) < 4.78 is 13.4. The molecule has 1 aliphatic rings. The van der Waals surface area contributed by atoms with Crippen LogP contribution in [0.4, 0.5) is 0 Å². The van der Waals surface area contributed by atoms with Gasteiger partial charge in [-0.3, -0.25) is 9.79 Å². The highest BCUT2D eigenvalue weighted by Gasteiger charge is 2.34. The Hall–Kier alpha value is -3.53. The van der Waals surface area contributed by atoms with Gasteiger partial charge in [0.1, 0.15) is 18.1 Å². The minimum atomic E-state index is -0.435. The van der Waals surface area contributed by atoms with Crippen LogP contribution in [0.5, 0.6) is 11.5 Å². The summed E-state index contributed by atoms with van der Waals surface area (Å²) in [5.74, 6) is 0.819. The van der Waals surface area contributed by atoms with E-state index < -0.39 is 5.54 Å². The van der Waals surface area contributed by atoms with Gasteiger partial charge in [0.15, 0.2) is 5.69 Å². The number of carbonyl (C=O) groups excluding carboxylic acids is 1. The van der Waals surface area contributed by atoms with Crippen LogP contribution in [0.25, 0.3) is 22.5 Å². The number of methoxy groups -OCH3 is 1. The van der Waals surface area contributed by atoms with Gasteiger partial charge >= 0.3 is 0 Å². The lowest BCUT2D eigenvalue weighted by Gasteiger charge is -2.31.